The van der Waals surface area contributed by atoms with Gasteiger partial charge in [-0.1, -0.05) is 18.5 Å². The monoisotopic (exact) mass is 313 g/mol. The molecular weight excluding hydrogens is 293 g/mol. The summed E-state index contributed by atoms with van der Waals surface area (Å²) in [5.74, 6) is -0.332. The van der Waals surface area contributed by atoms with Gasteiger partial charge in [0.1, 0.15) is 0 Å². The summed E-state index contributed by atoms with van der Waals surface area (Å²) in [6, 6.07) is 2.97. The third-order valence-corrected chi connectivity index (χ3v) is 4.49. The van der Waals surface area contributed by atoms with Gasteiger partial charge in [-0.05, 0) is 56.0 Å². The van der Waals surface area contributed by atoms with Crippen molar-refractivity contribution in [1.29, 1.82) is 0 Å². The molecule has 2 fully saturated rings. The zero-order valence-electron chi connectivity index (χ0n) is 12.2. The number of hydrogen-bond acceptors (Lipinski definition) is 3. The molecule has 0 unspecified atom stereocenters. The Morgan fingerprint density at radius 1 is 1.43 bits per heavy atom. The van der Waals surface area contributed by atoms with Gasteiger partial charge in [0, 0.05) is 6.54 Å². The van der Waals surface area contributed by atoms with Gasteiger partial charge in [-0.25, -0.2) is 4.39 Å². The Morgan fingerprint density at radius 2 is 2.14 bits per heavy atom. The van der Waals surface area contributed by atoms with E-state index in [0.717, 1.165) is 32.5 Å². The molecule has 0 aromatic heterocycles. The number of benzene rings is 1. The molecule has 3 rings (SSSR count). The lowest BCUT2D eigenvalue weighted by Gasteiger charge is -2.34. The number of halogens is 2. The van der Waals surface area contributed by atoms with Crippen LogP contribution in [0.5, 0.6) is 5.75 Å². The summed E-state index contributed by atoms with van der Waals surface area (Å²) >= 11 is 6.11. The number of ether oxygens (including phenoxy) is 1. The van der Waals surface area contributed by atoms with Crippen molar-refractivity contribution in [2.45, 2.75) is 38.4 Å². The van der Waals surface area contributed by atoms with E-state index in [2.05, 4.69) is 4.90 Å². The first-order valence-electron chi connectivity index (χ1n) is 7.60. The number of rotatable bonds is 6. The fourth-order valence-corrected chi connectivity index (χ4v) is 2.88. The van der Waals surface area contributed by atoms with Crippen molar-refractivity contribution in [3.05, 3.63) is 28.5 Å². The van der Waals surface area contributed by atoms with Crippen LogP contribution in [0.1, 0.15) is 37.9 Å². The molecule has 0 amide bonds. The first kappa shape index (κ1) is 15.1. The normalized spacial score (nSPS) is 21.7. The fraction of sp³-hybridized carbons (Fsp3) is 0.625. The quantitative estimate of drug-likeness (QED) is 0.873. The summed E-state index contributed by atoms with van der Waals surface area (Å²) in [6.07, 6.45) is 2.50. The maximum atomic E-state index is 14.1. The van der Waals surface area contributed by atoms with Crippen molar-refractivity contribution in [2.24, 2.45) is 5.92 Å². The van der Waals surface area contributed by atoms with Crippen LogP contribution in [0.15, 0.2) is 12.1 Å². The van der Waals surface area contributed by atoms with Crippen LogP contribution < -0.4 is 4.74 Å². The van der Waals surface area contributed by atoms with Crippen LogP contribution in [-0.4, -0.2) is 35.7 Å². The Labute approximate surface area is 129 Å². The molecule has 1 N–H and O–H groups in total. The first-order valence-corrected chi connectivity index (χ1v) is 7.98. The Hall–Kier alpha value is -0.840. The summed E-state index contributed by atoms with van der Waals surface area (Å²) < 4.78 is 19.6. The van der Waals surface area contributed by atoms with Crippen molar-refractivity contribution in [3.8, 4) is 5.75 Å². The van der Waals surface area contributed by atoms with Gasteiger partial charge in [0.15, 0.2) is 11.6 Å². The number of nitrogens with zero attached hydrogens (tertiary/aromatic N) is 1. The van der Waals surface area contributed by atoms with Crippen LogP contribution in [0, 0.1) is 11.7 Å². The minimum atomic E-state index is -0.715. The van der Waals surface area contributed by atoms with Crippen LogP contribution in [0.4, 0.5) is 4.39 Å². The Balaban J connectivity index is 1.71. The van der Waals surface area contributed by atoms with Gasteiger partial charge >= 0.3 is 0 Å². The van der Waals surface area contributed by atoms with E-state index >= 15 is 0 Å². The molecule has 5 heteroatoms. The number of hydrogen-bond donors (Lipinski definition) is 1. The zero-order chi connectivity index (χ0) is 15.0. The van der Waals surface area contributed by atoms with E-state index < -0.39 is 11.9 Å². The third kappa shape index (κ3) is 3.50. The Kier molecular flexibility index (Phi) is 4.38. The average Bonchev–Trinajstić information content (AvgIpc) is 3.20. The number of aliphatic hydroxyl groups is 1. The smallest absolute Gasteiger partial charge is 0.173 e. The predicted molar refractivity (Wildman–Crippen MR) is 80.2 cm³/mol. The molecule has 0 spiro atoms. The van der Waals surface area contributed by atoms with E-state index in [1.54, 1.807) is 6.07 Å². The highest BCUT2D eigenvalue weighted by Gasteiger charge is 2.28. The van der Waals surface area contributed by atoms with Crippen LogP contribution >= 0.6 is 11.6 Å². The van der Waals surface area contributed by atoms with E-state index in [1.165, 1.54) is 12.5 Å². The van der Waals surface area contributed by atoms with E-state index in [0.29, 0.717) is 5.56 Å². The summed E-state index contributed by atoms with van der Waals surface area (Å²) in [5, 5.41) is 10.6. The highest BCUT2D eigenvalue weighted by Crippen LogP contribution is 2.37. The van der Waals surface area contributed by atoms with E-state index in [-0.39, 0.29) is 22.8 Å². The van der Waals surface area contributed by atoms with E-state index in [9.17, 15) is 9.50 Å². The minimum absolute atomic E-state index is 0.0379. The van der Waals surface area contributed by atoms with E-state index in [1.807, 2.05) is 6.92 Å². The van der Waals surface area contributed by atoms with Gasteiger partial charge in [0.2, 0.25) is 0 Å². The highest BCUT2D eigenvalue weighted by molar-refractivity contribution is 6.32. The Morgan fingerprint density at radius 3 is 2.67 bits per heavy atom. The number of likely N-dealkylation sites (tertiary alicyclic amines) is 1. The summed E-state index contributed by atoms with van der Waals surface area (Å²) in [6.45, 7) is 4.96. The van der Waals surface area contributed by atoms with Gasteiger partial charge in [-0.15, -0.1) is 0 Å². The Bertz CT molecular complexity index is 494. The second-order valence-corrected chi connectivity index (χ2v) is 6.61. The molecule has 0 bridgehead atoms. The molecule has 21 heavy (non-hydrogen) atoms. The molecule has 1 saturated heterocycles. The molecule has 1 aromatic carbocycles. The molecule has 3 nitrogen and oxygen atoms in total. The van der Waals surface area contributed by atoms with Gasteiger partial charge < -0.3 is 14.7 Å². The van der Waals surface area contributed by atoms with Crippen LogP contribution in [0.2, 0.25) is 5.02 Å². The molecule has 2 atom stereocenters. The van der Waals surface area contributed by atoms with Gasteiger partial charge in [0.25, 0.3) is 0 Å². The second kappa shape index (κ2) is 6.11. The maximum absolute atomic E-state index is 14.1. The molecule has 1 aromatic rings. The lowest BCUT2D eigenvalue weighted by molar-refractivity contribution is 0.0675. The number of aliphatic hydroxyl groups excluding tert-OH is 1. The molecule has 1 aliphatic heterocycles. The fourth-order valence-electron chi connectivity index (χ4n) is 2.62. The summed E-state index contributed by atoms with van der Waals surface area (Å²) in [5.41, 5.74) is 0.522. The molecule has 1 saturated carbocycles. The summed E-state index contributed by atoms with van der Waals surface area (Å²) in [7, 11) is 0. The average molecular weight is 314 g/mol. The molecule has 116 valence electrons. The van der Waals surface area contributed by atoms with Gasteiger partial charge in [0.05, 0.1) is 17.2 Å². The molecule has 1 heterocycles. The maximum Gasteiger partial charge on any atom is 0.173 e. The highest BCUT2D eigenvalue weighted by atomic mass is 35.5. The van der Waals surface area contributed by atoms with Crippen LogP contribution in [0.25, 0.3) is 0 Å². The van der Waals surface area contributed by atoms with Crippen molar-refractivity contribution in [2.75, 3.05) is 19.6 Å². The summed E-state index contributed by atoms with van der Waals surface area (Å²) in [4.78, 5) is 2.29. The van der Waals surface area contributed by atoms with Crippen molar-refractivity contribution in [3.63, 3.8) is 0 Å². The van der Waals surface area contributed by atoms with Crippen molar-refractivity contribution in [1.82, 2.24) is 4.90 Å². The lowest BCUT2D eigenvalue weighted by atomic mass is 9.95. The van der Waals surface area contributed by atoms with Crippen molar-refractivity contribution >= 4 is 11.6 Å². The zero-order valence-corrected chi connectivity index (χ0v) is 12.9. The third-order valence-electron chi connectivity index (χ3n) is 4.20. The van der Waals surface area contributed by atoms with Crippen LogP contribution in [-0.2, 0) is 0 Å². The first-order chi connectivity index (χ1) is 10.0. The van der Waals surface area contributed by atoms with E-state index in [4.69, 9.17) is 16.3 Å². The standard InChI is InChI=1S/C16H21ClFNO2/c1-10(9-19-5-2-6-19)15(20)11-7-13(17)16(14(18)8-11)21-12-3-4-12/h7-8,10,12,15,20H,2-6,9H2,1H3/t10-,15+/m1/s1. The molecule has 2 aliphatic rings. The van der Waals surface area contributed by atoms with Gasteiger partial charge in [-0.2, -0.15) is 0 Å². The largest absolute Gasteiger partial charge is 0.486 e. The lowest BCUT2D eigenvalue weighted by Crippen LogP contribution is -2.41. The molecular formula is C16H21ClFNO2. The van der Waals surface area contributed by atoms with Crippen molar-refractivity contribution < 1.29 is 14.2 Å². The molecule has 1 aliphatic carbocycles. The molecule has 0 radical (unpaired) electrons. The van der Waals surface area contributed by atoms with Crippen LogP contribution in [0.3, 0.4) is 0 Å². The van der Waals surface area contributed by atoms with Gasteiger partial charge in [-0.3, -0.25) is 0 Å². The minimum Gasteiger partial charge on any atom is -0.486 e. The predicted octanol–water partition coefficient (Wildman–Crippen LogP) is 3.40. The SMILES string of the molecule is C[C@H](CN1CCC1)[C@H](O)c1cc(F)c(OC2CC2)c(Cl)c1. The second-order valence-electron chi connectivity index (χ2n) is 6.21. The topological polar surface area (TPSA) is 32.7 Å².